The maximum atomic E-state index is 12.8. The lowest BCUT2D eigenvalue weighted by Crippen LogP contribution is -2.29. The summed E-state index contributed by atoms with van der Waals surface area (Å²) >= 11 is 0. The molecule has 0 saturated carbocycles. The number of hydrogen-bond donors (Lipinski definition) is 1. The van der Waals surface area contributed by atoms with Gasteiger partial charge in [-0.3, -0.25) is 9.59 Å². The van der Waals surface area contributed by atoms with Crippen LogP contribution < -0.4 is 24.4 Å². The molecule has 1 aliphatic rings. The van der Waals surface area contributed by atoms with E-state index in [0.717, 1.165) is 27.6 Å². The Balaban J connectivity index is 1.34. The van der Waals surface area contributed by atoms with E-state index >= 15 is 0 Å². The smallest absolute Gasteiger partial charge is 0.258 e. The largest absolute Gasteiger partial charge is 0.493 e. The van der Waals surface area contributed by atoms with E-state index in [9.17, 15) is 9.59 Å². The molecule has 1 N–H and O–H groups in total. The molecule has 0 aliphatic carbocycles. The predicted octanol–water partition coefficient (Wildman–Crippen LogP) is 3.92. The molecule has 166 valence electrons. The van der Waals surface area contributed by atoms with Crippen molar-refractivity contribution in [2.45, 2.75) is 19.4 Å². The molecule has 1 heterocycles. The monoisotopic (exact) mass is 434 g/mol. The molecule has 32 heavy (non-hydrogen) atoms. The second-order valence-corrected chi connectivity index (χ2v) is 7.55. The Kier molecular flexibility index (Phi) is 6.16. The highest BCUT2D eigenvalue weighted by Gasteiger charge is 2.29. The van der Waals surface area contributed by atoms with Crippen LogP contribution in [0.25, 0.3) is 10.8 Å². The van der Waals surface area contributed by atoms with Crippen LogP contribution in [0.3, 0.4) is 0 Å². The highest BCUT2D eigenvalue weighted by atomic mass is 16.5. The second-order valence-electron chi connectivity index (χ2n) is 7.55. The number of methoxy groups -OCH3 is 3. The van der Waals surface area contributed by atoms with Crippen molar-refractivity contribution in [1.82, 2.24) is 5.32 Å². The molecule has 7 heteroatoms. The van der Waals surface area contributed by atoms with Crippen LogP contribution in [0.5, 0.6) is 17.2 Å². The zero-order valence-electron chi connectivity index (χ0n) is 18.4. The molecule has 0 unspecified atom stereocenters. The second kappa shape index (κ2) is 9.18. The lowest BCUT2D eigenvalue weighted by atomic mass is 10.1. The number of carbonyl (C=O) groups is 2. The fourth-order valence-corrected chi connectivity index (χ4v) is 4.13. The Hall–Kier alpha value is -3.74. The number of nitrogens with zero attached hydrogens (tertiary/aromatic N) is 1. The third-order valence-electron chi connectivity index (χ3n) is 5.65. The molecule has 0 atom stereocenters. The number of ether oxygens (including phenoxy) is 3. The summed E-state index contributed by atoms with van der Waals surface area (Å²) in [5.41, 5.74) is 2.48. The van der Waals surface area contributed by atoms with Gasteiger partial charge in [-0.1, -0.05) is 24.3 Å². The maximum absolute atomic E-state index is 12.8. The van der Waals surface area contributed by atoms with Gasteiger partial charge in [-0.05, 0) is 41.6 Å². The zero-order valence-corrected chi connectivity index (χ0v) is 18.4. The Morgan fingerprint density at radius 2 is 1.66 bits per heavy atom. The van der Waals surface area contributed by atoms with Crippen molar-refractivity contribution >= 4 is 28.3 Å². The first-order valence-electron chi connectivity index (χ1n) is 10.5. The zero-order chi connectivity index (χ0) is 22.7. The van der Waals surface area contributed by atoms with Crippen LogP contribution in [0.2, 0.25) is 0 Å². The Morgan fingerprint density at radius 3 is 2.31 bits per heavy atom. The molecule has 1 aliphatic heterocycles. The lowest BCUT2D eigenvalue weighted by molar-refractivity contribution is -0.121. The van der Waals surface area contributed by atoms with Gasteiger partial charge >= 0.3 is 0 Å². The van der Waals surface area contributed by atoms with Gasteiger partial charge in [0.15, 0.2) is 11.5 Å². The Labute approximate surface area is 186 Å². The first kappa shape index (κ1) is 21.5. The topological polar surface area (TPSA) is 77.1 Å². The SMILES string of the molecule is COc1cc(CNC(=O)CCCN2C(=O)c3cccc4cccc2c34)cc(OC)c1OC. The summed E-state index contributed by atoms with van der Waals surface area (Å²) in [5.74, 6) is 1.50. The van der Waals surface area contributed by atoms with E-state index in [1.807, 2.05) is 48.5 Å². The van der Waals surface area contributed by atoms with Crippen LogP contribution in [0.4, 0.5) is 5.69 Å². The molecular weight excluding hydrogens is 408 g/mol. The summed E-state index contributed by atoms with van der Waals surface area (Å²) in [4.78, 5) is 27.0. The minimum absolute atomic E-state index is 0.00497. The molecule has 7 nitrogen and oxygen atoms in total. The van der Waals surface area contributed by atoms with Crippen molar-refractivity contribution in [1.29, 1.82) is 0 Å². The van der Waals surface area contributed by atoms with Gasteiger partial charge in [0, 0.05) is 30.5 Å². The summed E-state index contributed by atoms with van der Waals surface area (Å²) in [6.07, 6.45) is 0.887. The number of anilines is 1. The molecule has 0 radical (unpaired) electrons. The standard InChI is InChI=1S/C25H26N2O5/c1-30-20-13-16(14-21(31-2)24(20)32-3)15-26-22(28)11-6-12-27-19-10-5-8-17-7-4-9-18(23(17)19)25(27)29/h4-5,7-10,13-14H,6,11-12,15H2,1-3H3,(H,26,28). The van der Waals surface area contributed by atoms with Crippen LogP contribution in [0.15, 0.2) is 48.5 Å². The molecule has 3 aromatic rings. The average Bonchev–Trinajstić information content (AvgIpc) is 3.10. The third kappa shape index (κ3) is 3.93. The average molecular weight is 434 g/mol. The van der Waals surface area contributed by atoms with Crippen LogP contribution in [0, 0.1) is 0 Å². The van der Waals surface area contributed by atoms with Crippen LogP contribution >= 0.6 is 0 Å². The van der Waals surface area contributed by atoms with E-state index in [1.54, 1.807) is 26.2 Å². The van der Waals surface area contributed by atoms with Crippen LogP contribution in [-0.2, 0) is 11.3 Å². The fourth-order valence-electron chi connectivity index (χ4n) is 4.13. The van der Waals surface area contributed by atoms with E-state index in [2.05, 4.69) is 5.32 Å². The van der Waals surface area contributed by atoms with E-state index in [-0.39, 0.29) is 11.8 Å². The highest BCUT2D eigenvalue weighted by molar-refractivity contribution is 6.25. The third-order valence-corrected chi connectivity index (χ3v) is 5.65. The number of nitrogens with one attached hydrogen (secondary N) is 1. The predicted molar refractivity (Wildman–Crippen MR) is 123 cm³/mol. The number of benzene rings is 3. The molecule has 3 aromatic carbocycles. The van der Waals surface area contributed by atoms with Crippen molar-refractivity contribution < 1.29 is 23.8 Å². The number of rotatable bonds is 9. The van der Waals surface area contributed by atoms with Crippen molar-refractivity contribution in [3.8, 4) is 17.2 Å². The van der Waals surface area contributed by atoms with Gasteiger partial charge in [0.1, 0.15) is 0 Å². The van der Waals surface area contributed by atoms with Crippen molar-refractivity contribution in [2.75, 3.05) is 32.8 Å². The molecule has 0 bridgehead atoms. The summed E-state index contributed by atoms with van der Waals surface area (Å²) in [7, 11) is 4.65. The van der Waals surface area contributed by atoms with Gasteiger partial charge < -0.3 is 24.4 Å². The van der Waals surface area contributed by atoms with Gasteiger partial charge in [0.05, 0.1) is 27.0 Å². The lowest BCUT2D eigenvalue weighted by Gasteiger charge is -2.17. The van der Waals surface area contributed by atoms with Crippen molar-refractivity contribution in [3.05, 3.63) is 59.7 Å². The first-order valence-corrected chi connectivity index (χ1v) is 10.5. The fraction of sp³-hybridized carbons (Fsp3) is 0.280. The Morgan fingerprint density at radius 1 is 0.969 bits per heavy atom. The van der Waals surface area contributed by atoms with Gasteiger partial charge in [-0.25, -0.2) is 0 Å². The van der Waals surface area contributed by atoms with Gasteiger partial charge in [0.25, 0.3) is 5.91 Å². The van der Waals surface area contributed by atoms with E-state index in [0.29, 0.717) is 43.2 Å². The summed E-state index contributed by atoms with van der Waals surface area (Å²) in [6, 6.07) is 15.3. The molecule has 0 saturated heterocycles. The normalized spacial score (nSPS) is 12.2. The number of hydrogen-bond acceptors (Lipinski definition) is 5. The molecule has 0 fully saturated rings. The molecule has 0 spiro atoms. The minimum atomic E-state index is -0.0823. The molecule has 2 amide bonds. The molecule has 4 rings (SSSR count). The first-order chi connectivity index (χ1) is 15.6. The van der Waals surface area contributed by atoms with E-state index in [1.165, 1.54) is 0 Å². The summed E-state index contributed by atoms with van der Waals surface area (Å²) < 4.78 is 16.0. The summed E-state index contributed by atoms with van der Waals surface area (Å²) in [5, 5.41) is 4.97. The van der Waals surface area contributed by atoms with E-state index < -0.39 is 0 Å². The summed E-state index contributed by atoms with van der Waals surface area (Å²) in [6.45, 7) is 0.827. The minimum Gasteiger partial charge on any atom is -0.493 e. The highest BCUT2D eigenvalue weighted by Crippen LogP contribution is 2.38. The quantitative estimate of drug-likeness (QED) is 0.552. The number of amides is 2. The molecule has 0 aromatic heterocycles. The maximum Gasteiger partial charge on any atom is 0.258 e. The molecular formula is C25H26N2O5. The van der Waals surface area contributed by atoms with Gasteiger partial charge in [-0.2, -0.15) is 0 Å². The van der Waals surface area contributed by atoms with E-state index in [4.69, 9.17) is 14.2 Å². The van der Waals surface area contributed by atoms with Gasteiger partial charge in [-0.15, -0.1) is 0 Å². The van der Waals surface area contributed by atoms with Crippen LogP contribution in [-0.4, -0.2) is 39.7 Å². The Bertz CT molecular complexity index is 1140. The van der Waals surface area contributed by atoms with Gasteiger partial charge in [0.2, 0.25) is 11.7 Å². The van der Waals surface area contributed by atoms with Crippen molar-refractivity contribution in [3.63, 3.8) is 0 Å². The number of carbonyl (C=O) groups excluding carboxylic acids is 2. The van der Waals surface area contributed by atoms with Crippen LogP contribution in [0.1, 0.15) is 28.8 Å². The van der Waals surface area contributed by atoms with Crippen molar-refractivity contribution in [2.24, 2.45) is 0 Å².